The van der Waals surface area contributed by atoms with Crippen LogP contribution in [0, 0.1) is 0 Å². The van der Waals surface area contributed by atoms with Gasteiger partial charge in [0.15, 0.2) is 20.6 Å². The Bertz CT molecular complexity index is 451. The van der Waals surface area contributed by atoms with Gasteiger partial charge < -0.3 is 0 Å². The zero-order valence-corrected chi connectivity index (χ0v) is 8.84. The number of pyridine rings is 1. The van der Waals surface area contributed by atoms with Gasteiger partial charge in [0.25, 0.3) is 0 Å². The van der Waals surface area contributed by atoms with Crippen molar-refractivity contribution in [1.29, 1.82) is 0 Å². The van der Waals surface area contributed by atoms with Crippen LogP contribution in [0.15, 0.2) is 23.4 Å². The average Bonchev–Trinajstić information content (AvgIpc) is 2.15. The van der Waals surface area contributed by atoms with Crippen LogP contribution in [-0.4, -0.2) is 25.4 Å². The summed E-state index contributed by atoms with van der Waals surface area (Å²) in [6.07, 6.45) is 2.75. The summed E-state index contributed by atoms with van der Waals surface area (Å²) in [5.41, 5.74) is 0.392. The zero-order chi connectivity index (χ0) is 10.8. The number of Topliss-reactive ketones (excluding diaryl/α,β-unsaturated/α-hetero) is 1. The van der Waals surface area contributed by atoms with E-state index in [9.17, 15) is 13.2 Å². The van der Waals surface area contributed by atoms with Crippen LogP contribution >= 0.6 is 0 Å². The van der Waals surface area contributed by atoms with E-state index in [0.717, 1.165) is 6.26 Å². The minimum Gasteiger partial charge on any atom is -0.294 e. The number of nitrogens with zero attached hydrogens (tertiary/aromatic N) is 1. The molecule has 0 amide bonds. The summed E-state index contributed by atoms with van der Waals surface area (Å²) in [6, 6.07) is 2.82. The molecule has 1 aromatic rings. The maximum absolute atomic E-state index is 11.3. The molecule has 14 heavy (non-hydrogen) atoms. The van der Waals surface area contributed by atoms with Crippen LogP contribution in [0.3, 0.4) is 0 Å². The second-order valence-electron chi connectivity index (χ2n) is 2.93. The summed E-state index contributed by atoms with van der Waals surface area (Å²) in [6.45, 7) is 1.73. The van der Waals surface area contributed by atoms with Gasteiger partial charge in [0, 0.05) is 24.4 Å². The molecule has 0 atom stereocenters. The number of sulfone groups is 1. The van der Waals surface area contributed by atoms with E-state index < -0.39 is 9.84 Å². The summed E-state index contributed by atoms with van der Waals surface area (Å²) in [5, 5.41) is -0.0585. The van der Waals surface area contributed by atoms with Crippen molar-refractivity contribution in [3.8, 4) is 0 Å². The van der Waals surface area contributed by atoms with Gasteiger partial charge in [-0.2, -0.15) is 0 Å². The van der Waals surface area contributed by atoms with Crippen molar-refractivity contribution in [2.75, 3.05) is 6.26 Å². The molecule has 0 fully saturated rings. The highest BCUT2D eigenvalue weighted by molar-refractivity contribution is 7.90. The normalized spacial score (nSPS) is 11.3. The smallest absolute Gasteiger partial charge is 0.192 e. The highest BCUT2D eigenvalue weighted by atomic mass is 32.2. The fraction of sp³-hybridized carbons (Fsp3) is 0.333. The largest absolute Gasteiger partial charge is 0.294 e. The minimum absolute atomic E-state index is 0.0585. The second-order valence-corrected chi connectivity index (χ2v) is 4.89. The molecule has 0 spiro atoms. The molecule has 0 aliphatic rings. The predicted molar refractivity (Wildman–Crippen MR) is 52.0 cm³/mol. The number of aromatic nitrogens is 1. The van der Waals surface area contributed by atoms with Crippen LogP contribution in [0.2, 0.25) is 0 Å². The second kappa shape index (κ2) is 3.88. The highest BCUT2D eigenvalue weighted by Gasteiger charge is 2.11. The van der Waals surface area contributed by atoms with E-state index in [1.807, 2.05) is 0 Å². The first-order valence-corrected chi connectivity index (χ1v) is 6.03. The van der Waals surface area contributed by atoms with Gasteiger partial charge in [-0.3, -0.25) is 4.79 Å². The van der Waals surface area contributed by atoms with Crippen molar-refractivity contribution in [2.24, 2.45) is 0 Å². The number of hydrogen-bond donors (Lipinski definition) is 0. The number of hydrogen-bond acceptors (Lipinski definition) is 4. The summed E-state index contributed by atoms with van der Waals surface area (Å²) >= 11 is 0. The topological polar surface area (TPSA) is 64.1 Å². The van der Waals surface area contributed by atoms with Gasteiger partial charge in [0.2, 0.25) is 0 Å². The van der Waals surface area contributed by atoms with E-state index in [4.69, 9.17) is 0 Å². The Morgan fingerprint density at radius 2 is 2.14 bits per heavy atom. The third-order valence-corrected chi connectivity index (χ3v) is 2.74. The highest BCUT2D eigenvalue weighted by Crippen LogP contribution is 2.09. The summed E-state index contributed by atoms with van der Waals surface area (Å²) in [5.74, 6) is -0.0858. The molecular formula is C9H11NO3S. The quantitative estimate of drug-likeness (QED) is 0.705. The molecule has 0 bridgehead atoms. The number of carbonyl (C=O) groups is 1. The lowest BCUT2D eigenvalue weighted by molar-refractivity contribution is 0.0988. The Balaban J connectivity index is 3.21. The minimum atomic E-state index is -3.33. The molecule has 0 aliphatic carbocycles. The maximum Gasteiger partial charge on any atom is 0.192 e. The van der Waals surface area contributed by atoms with Gasteiger partial charge in [-0.05, 0) is 12.1 Å². The van der Waals surface area contributed by atoms with Crippen molar-refractivity contribution in [1.82, 2.24) is 4.98 Å². The van der Waals surface area contributed by atoms with Crippen LogP contribution in [0.25, 0.3) is 0 Å². The SMILES string of the molecule is CCC(=O)c1ccnc(S(C)(=O)=O)c1. The first-order valence-electron chi connectivity index (χ1n) is 4.14. The molecule has 0 N–H and O–H groups in total. The van der Waals surface area contributed by atoms with Gasteiger partial charge in [0.1, 0.15) is 0 Å². The Kier molecular flexibility index (Phi) is 3.00. The predicted octanol–water partition coefficient (Wildman–Crippen LogP) is 1.08. The summed E-state index contributed by atoms with van der Waals surface area (Å²) in [4.78, 5) is 15.0. The lowest BCUT2D eigenvalue weighted by Gasteiger charge is -2.00. The lowest BCUT2D eigenvalue weighted by Crippen LogP contribution is -2.04. The van der Waals surface area contributed by atoms with Crippen LogP contribution in [0.5, 0.6) is 0 Å². The average molecular weight is 213 g/mol. The molecule has 1 aromatic heterocycles. The van der Waals surface area contributed by atoms with E-state index in [0.29, 0.717) is 12.0 Å². The maximum atomic E-state index is 11.3. The van der Waals surface area contributed by atoms with Crippen molar-refractivity contribution < 1.29 is 13.2 Å². The fourth-order valence-corrected chi connectivity index (χ4v) is 1.58. The van der Waals surface area contributed by atoms with E-state index >= 15 is 0 Å². The third-order valence-electron chi connectivity index (χ3n) is 1.76. The molecule has 0 radical (unpaired) electrons. The van der Waals surface area contributed by atoms with Crippen LogP contribution < -0.4 is 0 Å². The van der Waals surface area contributed by atoms with Crippen molar-refractivity contribution >= 4 is 15.6 Å². The molecule has 0 unspecified atom stereocenters. The van der Waals surface area contributed by atoms with E-state index in [-0.39, 0.29) is 10.8 Å². The number of ketones is 1. The zero-order valence-electron chi connectivity index (χ0n) is 8.02. The molecular weight excluding hydrogens is 202 g/mol. The molecule has 1 rings (SSSR count). The summed E-state index contributed by atoms with van der Waals surface area (Å²) in [7, 11) is -3.33. The summed E-state index contributed by atoms with van der Waals surface area (Å²) < 4.78 is 22.2. The Hall–Kier alpha value is -1.23. The molecule has 1 heterocycles. The molecule has 5 heteroatoms. The first-order chi connectivity index (χ1) is 6.45. The van der Waals surface area contributed by atoms with Gasteiger partial charge in [-0.1, -0.05) is 6.92 Å². The Labute approximate surface area is 82.9 Å². The molecule has 0 saturated heterocycles. The number of rotatable bonds is 3. The Morgan fingerprint density at radius 3 is 2.64 bits per heavy atom. The lowest BCUT2D eigenvalue weighted by atomic mass is 10.1. The Morgan fingerprint density at radius 1 is 1.50 bits per heavy atom. The first kappa shape index (κ1) is 10.8. The van der Waals surface area contributed by atoms with Gasteiger partial charge >= 0.3 is 0 Å². The van der Waals surface area contributed by atoms with Crippen LogP contribution in [-0.2, 0) is 9.84 Å². The molecule has 0 saturated carbocycles. The van der Waals surface area contributed by atoms with Gasteiger partial charge in [0.05, 0.1) is 0 Å². The van der Waals surface area contributed by atoms with E-state index in [2.05, 4.69) is 4.98 Å². The fourth-order valence-electron chi connectivity index (χ4n) is 0.990. The third kappa shape index (κ3) is 2.38. The van der Waals surface area contributed by atoms with E-state index in [1.165, 1.54) is 18.3 Å². The van der Waals surface area contributed by atoms with Gasteiger partial charge in [-0.15, -0.1) is 0 Å². The van der Waals surface area contributed by atoms with Crippen molar-refractivity contribution in [3.63, 3.8) is 0 Å². The van der Waals surface area contributed by atoms with E-state index in [1.54, 1.807) is 6.92 Å². The van der Waals surface area contributed by atoms with Crippen molar-refractivity contribution in [3.05, 3.63) is 23.9 Å². The number of carbonyl (C=O) groups excluding carboxylic acids is 1. The van der Waals surface area contributed by atoms with Crippen LogP contribution in [0.4, 0.5) is 0 Å². The molecule has 76 valence electrons. The standard InChI is InChI=1S/C9H11NO3S/c1-3-8(11)7-4-5-10-9(6-7)14(2,12)13/h4-6H,3H2,1-2H3. The van der Waals surface area contributed by atoms with Crippen molar-refractivity contribution in [2.45, 2.75) is 18.4 Å². The molecule has 4 nitrogen and oxygen atoms in total. The molecule has 0 aromatic carbocycles. The monoisotopic (exact) mass is 213 g/mol. The molecule has 0 aliphatic heterocycles. The van der Waals surface area contributed by atoms with Gasteiger partial charge in [-0.25, -0.2) is 13.4 Å². The van der Waals surface area contributed by atoms with Crippen LogP contribution in [0.1, 0.15) is 23.7 Å².